The van der Waals surface area contributed by atoms with E-state index in [0.717, 1.165) is 0 Å². The van der Waals surface area contributed by atoms with E-state index in [1.165, 1.54) is 118 Å². The van der Waals surface area contributed by atoms with Gasteiger partial charge in [-0.15, -0.1) is 22.7 Å². The lowest BCUT2D eigenvalue weighted by atomic mass is 9.91. The molecule has 2 heterocycles. The Balaban J connectivity index is 1.01. The Morgan fingerprint density at radius 3 is 1.27 bits per heavy atom. The van der Waals surface area contributed by atoms with Crippen LogP contribution in [-0.2, 0) is 0 Å². The predicted molar refractivity (Wildman–Crippen MR) is 246 cm³/mol. The molecule has 0 aliphatic heterocycles. The summed E-state index contributed by atoms with van der Waals surface area (Å²) in [6.45, 7) is 0. The first-order valence-electron chi connectivity index (χ1n) is 19.1. The molecule has 260 valence electrons. The Kier molecular flexibility index (Phi) is 7.07. The lowest BCUT2D eigenvalue weighted by Crippen LogP contribution is -1.88. The molecule has 0 radical (unpaired) electrons. The molecule has 0 aliphatic rings. The minimum atomic E-state index is 1.22. The fourth-order valence-corrected chi connectivity index (χ4v) is 11.0. The van der Waals surface area contributed by atoms with E-state index >= 15 is 0 Å². The van der Waals surface area contributed by atoms with E-state index in [1.54, 1.807) is 0 Å². The summed E-state index contributed by atoms with van der Waals surface area (Å²) < 4.78 is 3.97. The van der Waals surface area contributed by atoms with Gasteiger partial charge in [-0.2, -0.15) is 0 Å². The zero-order valence-electron chi connectivity index (χ0n) is 30.3. The van der Waals surface area contributed by atoms with Gasteiger partial charge in [-0.1, -0.05) is 140 Å². The van der Waals surface area contributed by atoms with Crippen LogP contribution >= 0.6 is 22.7 Å². The van der Waals surface area contributed by atoms with Gasteiger partial charge in [-0.05, 0) is 136 Å². The van der Waals surface area contributed by atoms with Gasteiger partial charge in [-0.3, -0.25) is 0 Å². The maximum atomic E-state index is 2.40. The van der Waals surface area contributed by atoms with Crippen LogP contribution in [-0.4, -0.2) is 0 Å². The molecular formula is C54H32S2. The summed E-state index contributed by atoms with van der Waals surface area (Å²) in [4.78, 5) is 0. The van der Waals surface area contributed by atoms with Crippen molar-refractivity contribution >= 4 is 96.0 Å². The molecule has 0 fully saturated rings. The third-order valence-corrected chi connectivity index (χ3v) is 13.8. The third kappa shape index (κ3) is 5.11. The van der Waals surface area contributed by atoms with Gasteiger partial charge in [-0.25, -0.2) is 0 Å². The van der Waals surface area contributed by atoms with Crippen molar-refractivity contribution in [3.63, 3.8) is 0 Å². The molecule has 2 aromatic heterocycles. The average Bonchev–Trinajstić information content (AvgIpc) is 3.87. The molecule has 2 heteroatoms. The molecule has 0 saturated heterocycles. The van der Waals surface area contributed by atoms with Gasteiger partial charge < -0.3 is 0 Å². The maximum Gasteiger partial charge on any atom is 0.0361 e. The highest BCUT2D eigenvalue weighted by atomic mass is 32.1. The van der Waals surface area contributed by atoms with Gasteiger partial charge in [0.15, 0.2) is 0 Å². The zero-order chi connectivity index (χ0) is 36.7. The highest BCUT2D eigenvalue weighted by molar-refractivity contribution is 7.25. The quantitative estimate of drug-likeness (QED) is 0.157. The van der Waals surface area contributed by atoms with E-state index in [2.05, 4.69) is 193 Å². The van der Waals surface area contributed by atoms with E-state index < -0.39 is 0 Å². The molecule has 12 rings (SSSR count). The molecule has 0 atom stereocenters. The van der Waals surface area contributed by atoms with Gasteiger partial charge >= 0.3 is 0 Å². The van der Waals surface area contributed by atoms with Crippen LogP contribution in [0.4, 0.5) is 0 Å². The second kappa shape index (κ2) is 12.5. The largest absolute Gasteiger partial charge is 0.143 e. The highest BCUT2D eigenvalue weighted by Gasteiger charge is 2.14. The predicted octanol–water partition coefficient (Wildman–Crippen LogP) is 16.5. The third-order valence-electron chi connectivity index (χ3n) is 11.7. The van der Waals surface area contributed by atoms with Gasteiger partial charge in [0.1, 0.15) is 0 Å². The maximum absolute atomic E-state index is 2.40. The van der Waals surface area contributed by atoms with Gasteiger partial charge in [0, 0.05) is 35.8 Å². The molecule has 56 heavy (non-hydrogen) atoms. The Bertz CT molecular complexity index is 3410. The smallest absolute Gasteiger partial charge is 0.0361 e. The first-order chi connectivity index (χ1) is 27.7. The molecule has 0 aliphatic carbocycles. The van der Waals surface area contributed by atoms with Crippen molar-refractivity contribution in [2.45, 2.75) is 0 Å². The molecule has 0 N–H and O–H groups in total. The summed E-state index contributed by atoms with van der Waals surface area (Å²) in [6.07, 6.45) is 0. The van der Waals surface area contributed by atoms with Crippen LogP contribution in [0, 0.1) is 0 Å². The SMILES string of the molecule is c1ccc2c(c1)ccc1cc(-c3cc(-c4ccc5c(ccc6ccccc65)c4)cc(-c4ccc5c(c4)sc4cc(-c6csc7ccccc67)ccc45)c3)ccc12. The molecule has 0 saturated carbocycles. The molecule has 0 unspecified atom stereocenters. The fraction of sp³-hybridized carbons (Fsp3) is 0. The summed E-state index contributed by atoms with van der Waals surface area (Å²) in [5, 5.41) is 16.5. The summed E-state index contributed by atoms with van der Waals surface area (Å²) in [5.74, 6) is 0. The molecule has 0 amide bonds. The van der Waals surface area contributed by atoms with Crippen LogP contribution in [0.15, 0.2) is 193 Å². The Morgan fingerprint density at radius 2 is 0.679 bits per heavy atom. The van der Waals surface area contributed by atoms with Crippen molar-refractivity contribution in [1.82, 2.24) is 0 Å². The van der Waals surface area contributed by atoms with Crippen molar-refractivity contribution in [1.29, 1.82) is 0 Å². The summed E-state index contributed by atoms with van der Waals surface area (Å²) in [6, 6.07) is 70.2. The van der Waals surface area contributed by atoms with E-state index in [9.17, 15) is 0 Å². The van der Waals surface area contributed by atoms with E-state index in [4.69, 9.17) is 0 Å². The van der Waals surface area contributed by atoms with Crippen molar-refractivity contribution in [3.8, 4) is 44.5 Å². The first-order valence-corrected chi connectivity index (χ1v) is 20.8. The number of thiophene rings is 2. The van der Waals surface area contributed by atoms with Gasteiger partial charge in [0.25, 0.3) is 0 Å². The first kappa shape index (κ1) is 31.7. The number of fused-ring (bicyclic) bond motifs is 10. The minimum Gasteiger partial charge on any atom is -0.143 e. The lowest BCUT2D eigenvalue weighted by Gasteiger charge is -2.14. The topological polar surface area (TPSA) is 0 Å². The summed E-state index contributed by atoms with van der Waals surface area (Å²) >= 11 is 3.72. The number of benzene rings is 10. The Morgan fingerprint density at radius 1 is 0.250 bits per heavy atom. The molecular weight excluding hydrogens is 713 g/mol. The molecule has 0 bridgehead atoms. The van der Waals surface area contributed by atoms with Crippen molar-refractivity contribution in [2.24, 2.45) is 0 Å². The van der Waals surface area contributed by atoms with Crippen LogP contribution in [0.25, 0.3) is 118 Å². The van der Waals surface area contributed by atoms with Crippen LogP contribution in [0.1, 0.15) is 0 Å². The number of rotatable bonds is 4. The molecule has 0 nitrogen and oxygen atoms in total. The van der Waals surface area contributed by atoms with Crippen LogP contribution in [0.2, 0.25) is 0 Å². The molecule has 12 aromatic rings. The van der Waals surface area contributed by atoms with Gasteiger partial charge in [0.05, 0.1) is 0 Å². The number of hydrogen-bond donors (Lipinski definition) is 0. The second-order valence-corrected chi connectivity index (χ2v) is 16.9. The molecule has 0 spiro atoms. The van der Waals surface area contributed by atoms with E-state index in [0.29, 0.717) is 0 Å². The minimum absolute atomic E-state index is 1.22. The standard InChI is InChI=1S/C54H32S2/c1-3-9-44-33(7-1)13-15-38-25-35(17-21-46(38)44)41-27-42(36-18-22-47-39(26-36)16-14-34-8-2-4-10-45(34)47)29-43(28-41)37-19-23-49-50-24-20-40(31-54(50)56-53(49)30-37)51-32-55-52-12-6-5-11-48(51)52/h1-32H. The van der Waals surface area contributed by atoms with E-state index in [-0.39, 0.29) is 0 Å². The summed E-state index contributed by atoms with van der Waals surface area (Å²) in [7, 11) is 0. The van der Waals surface area contributed by atoms with Crippen molar-refractivity contribution < 1.29 is 0 Å². The zero-order valence-corrected chi connectivity index (χ0v) is 31.9. The van der Waals surface area contributed by atoms with Crippen LogP contribution < -0.4 is 0 Å². The Labute approximate surface area is 332 Å². The monoisotopic (exact) mass is 744 g/mol. The number of hydrogen-bond acceptors (Lipinski definition) is 2. The van der Waals surface area contributed by atoms with Gasteiger partial charge in [0.2, 0.25) is 0 Å². The fourth-order valence-electron chi connectivity index (χ4n) is 8.84. The lowest BCUT2D eigenvalue weighted by molar-refractivity contribution is 1.60. The second-order valence-electron chi connectivity index (χ2n) is 14.9. The average molecular weight is 745 g/mol. The summed E-state index contributed by atoms with van der Waals surface area (Å²) in [5.41, 5.74) is 9.93. The van der Waals surface area contributed by atoms with Crippen LogP contribution in [0.3, 0.4) is 0 Å². The van der Waals surface area contributed by atoms with Crippen LogP contribution in [0.5, 0.6) is 0 Å². The normalized spacial score (nSPS) is 11.9. The van der Waals surface area contributed by atoms with E-state index in [1.807, 2.05) is 22.7 Å². The van der Waals surface area contributed by atoms with Crippen molar-refractivity contribution in [2.75, 3.05) is 0 Å². The Hall–Kier alpha value is -6.58. The van der Waals surface area contributed by atoms with Crippen molar-refractivity contribution in [3.05, 3.63) is 193 Å². The molecule has 10 aromatic carbocycles. The highest BCUT2D eigenvalue weighted by Crippen LogP contribution is 2.42.